The number of nitrogens with two attached hydrogens (primary N) is 1. The van der Waals surface area contributed by atoms with Crippen LogP contribution in [0, 0.1) is 23.0 Å². The van der Waals surface area contributed by atoms with Gasteiger partial charge in [0.25, 0.3) is 11.8 Å². The third kappa shape index (κ3) is 55.4. The largest absolute Gasteiger partial charge is 0.387 e. The van der Waals surface area contributed by atoms with Crippen LogP contribution in [0.2, 0.25) is 0 Å². The smallest absolute Gasteiger partial charge is 0.312 e. The minimum atomic E-state index is -1.12. The predicted octanol–water partition coefficient (Wildman–Crippen LogP) is 2.52. The van der Waals surface area contributed by atoms with Crippen LogP contribution < -0.4 is 32.3 Å². The third-order valence-corrected chi connectivity index (χ3v) is 18.4. The highest BCUT2D eigenvalue weighted by atomic mass is 19.1. The number of aliphatic hydroxyl groups is 1. The molecule has 2 aromatic carbocycles. The van der Waals surface area contributed by atoms with Crippen LogP contribution in [-0.4, -0.2) is 388 Å². The number of rotatable bonds is 85. The second kappa shape index (κ2) is 73.8. The molecule has 0 fully saturated rings. The number of aliphatic hydroxyl groups excluding tert-OH is 1. The van der Waals surface area contributed by atoms with Crippen LogP contribution in [0.1, 0.15) is 84.2 Å². The maximum absolute atomic E-state index is 15.3. The zero-order valence-electron chi connectivity index (χ0n) is 75.4. The molecule has 8 N–H and O–H groups in total. The number of nitrogens with zero attached hydrogens (tertiary/aromatic N) is 4. The molecule has 128 heavy (non-hydrogen) atoms. The lowest BCUT2D eigenvalue weighted by molar-refractivity contribution is -0.140. The average molecular weight is 1830 g/mol. The predicted molar refractivity (Wildman–Crippen MR) is 462 cm³/mol. The molecule has 2 heterocycles. The Balaban J connectivity index is 0.849. The second-order valence-electron chi connectivity index (χ2n) is 29.9. The van der Waals surface area contributed by atoms with Gasteiger partial charge in [0.15, 0.2) is 0 Å². The highest BCUT2D eigenvalue weighted by Gasteiger charge is 2.39. The Hall–Kier alpha value is -7.83. The van der Waals surface area contributed by atoms with Gasteiger partial charge < -0.3 is 142 Å². The van der Waals surface area contributed by atoms with Crippen LogP contribution in [0.25, 0.3) is 11.3 Å². The van der Waals surface area contributed by atoms with E-state index in [1.54, 1.807) is 24.6 Å². The molecule has 9 amide bonds. The molecule has 0 saturated heterocycles. The van der Waals surface area contributed by atoms with Crippen LogP contribution in [0.3, 0.4) is 0 Å². The summed E-state index contributed by atoms with van der Waals surface area (Å²) in [4.78, 5) is 108. The summed E-state index contributed by atoms with van der Waals surface area (Å²) in [5, 5.41) is 23.8. The maximum atomic E-state index is 15.3. The molecule has 3 aromatic rings. The van der Waals surface area contributed by atoms with Gasteiger partial charge >= 0.3 is 6.03 Å². The van der Waals surface area contributed by atoms with Crippen molar-refractivity contribution in [2.24, 2.45) is 17.1 Å². The standard InChI is InChI=1S/C87H142F2N10O29/c1-69(2)81(85(107)95-74(13-9-20-93-86(90)108)84(106)92-21-10-23-99(80(105)68-100)82(87(3,4)5)83-94-75(72-65-71(88)14-15-73(72)89)67-97(83)66-70-11-7-6-8-12-70)96-77(102)19-25-109-27-29-111-31-33-113-35-37-115-39-41-117-43-45-119-47-49-121-51-53-123-55-57-125-59-61-127-63-64-128-62-60-126-58-56-124-54-52-122-50-48-120-46-44-118-42-40-116-38-36-114-34-32-112-30-28-110-26-22-91-76(101)18-24-98-78(103)16-17-79(98)104/h6-8,11-12,14-17,65,67,69,74,81-82,100H,9-10,13,18-64,66,68H2,1-5H3,(H,91,101)(H,92,106)(H,95,107)(H,96,102)(H3,90,93,108)/t74-,81-,82-/m0/s1. The topological polar surface area (TPSA) is 452 Å². The van der Waals surface area contributed by atoms with Gasteiger partial charge in [-0.15, -0.1) is 0 Å². The highest BCUT2D eigenvalue weighted by Crippen LogP contribution is 2.40. The molecule has 1 aromatic heterocycles. The zero-order chi connectivity index (χ0) is 92.6. The number of aromatic nitrogens is 2. The van der Waals surface area contributed by atoms with Crippen LogP contribution in [0.4, 0.5) is 13.6 Å². The number of hydrogen-bond acceptors (Lipinski definition) is 30. The summed E-state index contributed by atoms with van der Waals surface area (Å²) in [6, 6.07) is 8.75. The molecule has 0 aliphatic carbocycles. The first-order valence-electron chi connectivity index (χ1n) is 43.9. The van der Waals surface area contributed by atoms with E-state index in [1.807, 2.05) is 51.1 Å². The molecule has 39 nitrogen and oxygen atoms in total. The summed E-state index contributed by atoms with van der Waals surface area (Å²) in [7, 11) is 0. The lowest BCUT2D eigenvalue weighted by Crippen LogP contribution is -2.55. The second-order valence-corrected chi connectivity index (χ2v) is 29.9. The normalized spacial score (nSPS) is 12.9. The van der Waals surface area contributed by atoms with E-state index >= 15 is 4.39 Å². The van der Waals surface area contributed by atoms with Crippen molar-refractivity contribution in [2.75, 3.05) is 304 Å². The monoisotopic (exact) mass is 1830 g/mol. The van der Waals surface area contributed by atoms with E-state index in [9.17, 15) is 47.9 Å². The number of imide groups is 1. The summed E-state index contributed by atoms with van der Waals surface area (Å²) in [5.74, 6) is -4.75. The van der Waals surface area contributed by atoms with Gasteiger partial charge in [-0.1, -0.05) is 65.0 Å². The first-order chi connectivity index (χ1) is 62.2. The van der Waals surface area contributed by atoms with E-state index in [0.29, 0.717) is 257 Å². The van der Waals surface area contributed by atoms with Crippen molar-refractivity contribution in [3.8, 4) is 11.3 Å². The molecule has 728 valence electrons. The SMILES string of the molecule is CC(C)[C@H](NC(=O)CCOCCOCCOCCOCCOCCOCCOCCOCCOCCOCCOCCOCCOCCOCCOCCOCCOCCOCCOCCOCCNC(=O)CCN1C(=O)C=CC1=O)C(=O)N[C@@H](CCCNC(N)=O)C(=O)NCCCN(C(=O)CO)[C@@H](c1nc(-c2cc(F)ccc2F)cn1Cc1ccccc1)C(C)(C)C. The Labute approximate surface area is 750 Å². The van der Waals surface area contributed by atoms with Crippen molar-refractivity contribution in [2.45, 2.75) is 91.4 Å². The van der Waals surface area contributed by atoms with Gasteiger partial charge in [-0.3, -0.25) is 38.5 Å². The lowest BCUT2D eigenvalue weighted by atomic mass is 9.84. The van der Waals surface area contributed by atoms with Crippen molar-refractivity contribution in [1.82, 2.24) is 45.9 Å². The Morgan fingerprint density at radius 1 is 0.469 bits per heavy atom. The Kier molecular flexibility index (Phi) is 64.9. The molecule has 0 unspecified atom stereocenters. The number of imidazole rings is 1. The van der Waals surface area contributed by atoms with E-state index < -0.39 is 89.2 Å². The number of ether oxygens (including phenoxy) is 20. The van der Waals surface area contributed by atoms with Gasteiger partial charge in [-0.05, 0) is 54.4 Å². The van der Waals surface area contributed by atoms with E-state index in [2.05, 4.69) is 26.6 Å². The van der Waals surface area contributed by atoms with E-state index in [4.69, 9.17) is 105 Å². The summed E-state index contributed by atoms with van der Waals surface area (Å²) in [6.45, 7) is 25.2. The number of benzene rings is 2. The van der Waals surface area contributed by atoms with Crippen molar-refractivity contribution < 1.29 is 147 Å². The number of carbonyl (C=O) groups excluding carboxylic acids is 8. The first-order valence-corrected chi connectivity index (χ1v) is 43.9. The van der Waals surface area contributed by atoms with Gasteiger partial charge in [0, 0.05) is 76.0 Å². The molecule has 1 aliphatic rings. The van der Waals surface area contributed by atoms with Gasteiger partial charge in [-0.25, -0.2) is 18.6 Å². The molecule has 0 saturated carbocycles. The van der Waals surface area contributed by atoms with Crippen LogP contribution in [-0.2, 0) is 135 Å². The molecule has 3 atom stereocenters. The molecular weight excluding hydrogens is 1690 g/mol. The van der Waals surface area contributed by atoms with Gasteiger partial charge in [-0.2, -0.15) is 0 Å². The molecule has 0 spiro atoms. The Morgan fingerprint density at radius 3 is 1.24 bits per heavy atom. The van der Waals surface area contributed by atoms with Crippen molar-refractivity contribution in [1.29, 1.82) is 0 Å². The lowest BCUT2D eigenvalue weighted by Gasteiger charge is -2.40. The quantitative estimate of drug-likeness (QED) is 0.0315. The molecule has 1 aliphatic heterocycles. The van der Waals surface area contributed by atoms with Gasteiger partial charge in [0.2, 0.25) is 29.5 Å². The zero-order valence-corrected chi connectivity index (χ0v) is 75.4. The minimum absolute atomic E-state index is 0.0119. The number of urea groups is 1. The fourth-order valence-corrected chi connectivity index (χ4v) is 11.9. The van der Waals surface area contributed by atoms with Crippen molar-refractivity contribution in [3.05, 3.63) is 89.9 Å². The molecule has 41 heteroatoms. The summed E-state index contributed by atoms with van der Waals surface area (Å²) < 4.78 is 142. The van der Waals surface area contributed by atoms with Crippen LogP contribution in [0.15, 0.2) is 66.9 Å². The summed E-state index contributed by atoms with van der Waals surface area (Å²) in [6.07, 6.45) is 4.45. The first kappa shape index (κ1) is 112. The number of amides is 9. The van der Waals surface area contributed by atoms with E-state index in [1.165, 1.54) is 17.1 Å². The van der Waals surface area contributed by atoms with Gasteiger partial charge in [0.05, 0.1) is 276 Å². The fourth-order valence-electron chi connectivity index (χ4n) is 11.9. The van der Waals surface area contributed by atoms with E-state index in [0.717, 1.165) is 28.7 Å². The number of nitrogens with one attached hydrogen (secondary N) is 5. The minimum Gasteiger partial charge on any atom is -0.387 e. The molecule has 0 radical (unpaired) electrons. The van der Waals surface area contributed by atoms with Gasteiger partial charge in [0.1, 0.15) is 36.1 Å². The Morgan fingerprint density at radius 2 is 0.859 bits per heavy atom. The van der Waals surface area contributed by atoms with Crippen LogP contribution >= 0.6 is 0 Å². The molecule has 0 bridgehead atoms. The molecular formula is C87H142F2N10O29. The number of hydrogen-bond donors (Lipinski definition) is 7. The van der Waals surface area contributed by atoms with E-state index in [-0.39, 0.29) is 102 Å². The fraction of sp³-hybridized carbons (Fsp3) is 0.713. The summed E-state index contributed by atoms with van der Waals surface area (Å²) >= 11 is 0. The Bertz CT molecular complexity index is 3450. The third-order valence-electron chi connectivity index (χ3n) is 18.4. The highest BCUT2D eigenvalue weighted by molar-refractivity contribution is 6.13. The molecule has 4 rings (SSSR count). The number of carbonyl (C=O) groups is 8. The average Bonchev–Trinajstić information content (AvgIpc) is 1.61. The van der Waals surface area contributed by atoms with Crippen molar-refractivity contribution >= 4 is 47.4 Å². The maximum Gasteiger partial charge on any atom is 0.312 e. The van der Waals surface area contributed by atoms with Crippen LogP contribution in [0.5, 0.6) is 0 Å². The number of primary amides is 1. The summed E-state index contributed by atoms with van der Waals surface area (Å²) in [5.41, 5.74) is 5.48. The van der Waals surface area contributed by atoms with Crippen molar-refractivity contribution in [3.63, 3.8) is 0 Å². The number of halogens is 2.